The summed E-state index contributed by atoms with van der Waals surface area (Å²) in [5.74, 6) is 0.406. The lowest BCUT2D eigenvalue weighted by molar-refractivity contribution is -0.118. The number of aliphatic hydroxyl groups is 1. The molecule has 2 N–H and O–H groups in total. The number of rotatable bonds is 6. The van der Waals surface area contributed by atoms with Gasteiger partial charge in [0.2, 0.25) is 5.91 Å². The molecular formula is C13H19NO2S. The van der Waals surface area contributed by atoms with Gasteiger partial charge in [0.1, 0.15) is 0 Å². The van der Waals surface area contributed by atoms with Crippen molar-refractivity contribution in [1.29, 1.82) is 0 Å². The zero-order chi connectivity index (χ0) is 12.7. The van der Waals surface area contributed by atoms with E-state index in [4.69, 9.17) is 5.11 Å². The van der Waals surface area contributed by atoms with E-state index >= 15 is 0 Å². The van der Waals surface area contributed by atoms with E-state index in [1.165, 1.54) is 17.3 Å². The third-order valence-corrected chi connectivity index (χ3v) is 3.51. The Bertz CT molecular complexity index is 351. The lowest BCUT2D eigenvalue weighted by Crippen LogP contribution is -2.25. The van der Waals surface area contributed by atoms with Crippen LogP contribution in [0.4, 0.5) is 0 Å². The van der Waals surface area contributed by atoms with Crippen LogP contribution in [0.1, 0.15) is 18.1 Å². The number of hydrogen-bond donors (Lipinski definition) is 2. The van der Waals surface area contributed by atoms with E-state index in [1.807, 2.05) is 38.1 Å². The molecule has 0 aliphatic rings. The highest BCUT2D eigenvalue weighted by Gasteiger charge is 2.05. The minimum Gasteiger partial charge on any atom is -0.395 e. The standard InChI is InChI=1S/C13H19NO2S/c1-10-3-5-12(6-4-10)7-14-13(16)9-17-11(2)8-15/h3-6,11,15H,7-9H2,1-2H3,(H,14,16). The van der Waals surface area contributed by atoms with Gasteiger partial charge in [0.25, 0.3) is 0 Å². The second-order valence-corrected chi connectivity index (χ2v) is 5.49. The number of benzene rings is 1. The van der Waals surface area contributed by atoms with Gasteiger partial charge in [0, 0.05) is 11.8 Å². The molecule has 0 saturated carbocycles. The monoisotopic (exact) mass is 253 g/mol. The first-order valence-electron chi connectivity index (χ1n) is 5.66. The van der Waals surface area contributed by atoms with Gasteiger partial charge >= 0.3 is 0 Å². The van der Waals surface area contributed by atoms with Gasteiger partial charge < -0.3 is 10.4 Å². The molecule has 1 unspecified atom stereocenters. The van der Waals surface area contributed by atoms with Crippen LogP contribution in [0, 0.1) is 6.92 Å². The molecule has 0 saturated heterocycles. The van der Waals surface area contributed by atoms with Crippen LogP contribution in [0.15, 0.2) is 24.3 Å². The van der Waals surface area contributed by atoms with Crippen molar-refractivity contribution < 1.29 is 9.90 Å². The van der Waals surface area contributed by atoms with Gasteiger partial charge in [-0.15, -0.1) is 11.8 Å². The van der Waals surface area contributed by atoms with E-state index in [-0.39, 0.29) is 17.8 Å². The predicted octanol–water partition coefficient (Wildman–Crippen LogP) is 1.73. The van der Waals surface area contributed by atoms with Gasteiger partial charge in [-0.1, -0.05) is 36.8 Å². The molecule has 1 rings (SSSR count). The number of nitrogens with one attached hydrogen (secondary N) is 1. The average molecular weight is 253 g/mol. The molecular weight excluding hydrogens is 234 g/mol. The molecule has 1 aromatic carbocycles. The van der Waals surface area contributed by atoms with Crippen molar-refractivity contribution in [2.75, 3.05) is 12.4 Å². The van der Waals surface area contributed by atoms with Crippen LogP contribution in [0.25, 0.3) is 0 Å². The van der Waals surface area contributed by atoms with Gasteiger partial charge in [-0.3, -0.25) is 4.79 Å². The zero-order valence-electron chi connectivity index (χ0n) is 10.3. The minimum absolute atomic E-state index is 0.0101. The Morgan fingerprint density at radius 2 is 2.06 bits per heavy atom. The van der Waals surface area contributed by atoms with E-state index in [2.05, 4.69) is 5.32 Å². The fourth-order valence-electron chi connectivity index (χ4n) is 1.23. The summed E-state index contributed by atoms with van der Waals surface area (Å²) >= 11 is 1.46. The Morgan fingerprint density at radius 1 is 1.41 bits per heavy atom. The fraction of sp³-hybridized carbons (Fsp3) is 0.462. The maximum atomic E-state index is 11.5. The summed E-state index contributed by atoms with van der Waals surface area (Å²) < 4.78 is 0. The van der Waals surface area contributed by atoms with Gasteiger partial charge in [0.05, 0.1) is 12.4 Å². The van der Waals surface area contributed by atoms with Gasteiger partial charge in [0.15, 0.2) is 0 Å². The van der Waals surface area contributed by atoms with E-state index in [0.29, 0.717) is 12.3 Å². The van der Waals surface area contributed by atoms with Crippen molar-refractivity contribution in [2.45, 2.75) is 25.6 Å². The first kappa shape index (κ1) is 14.1. The smallest absolute Gasteiger partial charge is 0.230 e. The second kappa shape index (κ2) is 7.35. The SMILES string of the molecule is Cc1ccc(CNC(=O)CSC(C)CO)cc1. The van der Waals surface area contributed by atoms with E-state index in [1.54, 1.807) is 0 Å². The van der Waals surface area contributed by atoms with Crippen molar-refractivity contribution in [3.63, 3.8) is 0 Å². The molecule has 1 amide bonds. The van der Waals surface area contributed by atoms with E-state index in [0.717, 1.165) is 5.56 Å². The Kier molecular flexibility index (Phi) is 6.08. The predicted molar refractivity (Wildman–Crippen MR) is 72.0 cm³/mol. The van der Waals surface area contributed by atoms with Crippen LogP contribution in [0.2, 0.25) is 0 Å². The Morgan fingerprint density at radius 3 is 2.65 bits per heavy atom. The molecule has 0 fully saturated rings. The van der Waals surface area contributed by atoms with Crippen LogP contribution < -0.4 is 5.32 Å². The first-order chi connectivity index (χ1) is 8.11. The number of carbonyl (C=O) groups is 1. The Labute approximate surface area is 107 Å². The molecule has 3 nitrogen and oxygen atoms in total. The molecule has 0 heterocycles. The average Bonchev–Trinajstić information content (AvgIpc) is 2.35. The summed E-state index contributed by atoms with van der Waals surface area (Å²) in [6, 6.07) is 8.09. The Hall–Kier alpha value is -1.00. The molecule has 4 heteroatoms. The summed E-state index contributed by atoms with van der Waals surface area (Å²) in [6.07, 6.45) is 0. The molecule has 0 radical (unpaired) electrons. The van der Waals surface area contributed by atoms with Gasteiger partial charge in [-0.05, 0) is 12.5 Å². The van der Waals surface area contributed by atoms with Crippen LogP contribution >= 0.6 is 11.8 Å². The zero-order valence-corrected chi connectivity index (χ0v) is 11.1. The highest BCUT2D eigenvalue weighted by Crippen LogP contribution is 2.08. The quantitative estimate of drug-likeness (QED) is 0.811. The van der Waals surface area contributed by atoms with Gasteiger partial charge in [-0.25, -0.2) is 0 Å². The highest BCUT2D eigenvalue weighted by molar-refractivity contribution is 8.00. The van der Waals surface area contributed by atoms with Crippen molar-refractivity contribution in [1.82, 2.24) is 5.32 Å². The topological polar surface area (TPSA) is 49.3 Å². The molecule has 0 aliphatic carbocycles. The summed E-state index contributed by atoms with van der Waals surface area (Å²) in [5, 5.41) is 11.8. The van der Waals surface area contributed by atoms with Crippen LogP contribution in [-0.2, 0) is 11.3 Å². The minimum atomic E-state index is 0.0101. The maximum absolute atomic E-state index is 11.5. The number of carbonyl (C=O) groups excluding carboxylic acids is 1. The summed E-state index contributed by atoms with van der Waals surface area (Å²) in [7, 11) is 0. The molecule has 0 bridgehead atoms. The van der Waals surface area contributed by atoms with Crippen molar-refractivity contribution in [3.05, 3.63) is 35.4 Å². The van der Waals surface area contributed by atoms with Crippen molar-refractivity contribution >= 4 is 17.7 Å². The molecule has 0 spiro atoms. The van der Waals surface area contributed by atoms with Crippen molar-refractivity contribution in [2.24, 2.45) is 0 Å². The number of hydrogen-bond acceptors (Lipinski definition) is 3. The van der Waals surface area contributed by atoms with Crippen LogP contribution in [-0.4, -0.2) is 28.6 Å². The van der Waals surface area contributed by atoms with E-state index < -0.39 is 0 Å². The number of aliphatic hydroxyl groups excluding tert-OH is 1. The Balaban J connectivity index is 2.26. The molecule has 0 aromatic heterocycles. The second-order valence-electron chi connectivity index (χ2n) is 4.07. The lowest BCUT2D eigenvalue weighted by atomic mass is 10.1. The normalized spacial score (nSPS) is 12.2. The van der Waals surface area contributed by atoms with E-state index in [9.17, 15) is 4.79 Å². The van der Waals surface area contributed by atoms with Crippen LogP contribution in [0.5, 0.6) is 0 Å². The largest absolute Gasteiger partial charge is 0.395 e. The molecule has 94 valence electrons. The molecule has 1 atom stereocenters. The molecule has 1 aromatic rings. The fourth-order valence-corrected chi connectivity index (χ4v) is 1.87. The van der Waals surface area contributed by atoms with Crippen LogP contribution in [0.3, 0.4) is 0 Å². The lowest BCUT2D eigenvalue weighted by Gasteiger charge is -2.08. The first-order valence-corrected chi connectivity index (χ1v) is 6.71. The molecule has 0 aliphatic heterocycles. The number of aryl methyl sites for hydroxylation is 1. The number of amides is 1. The third-order valence-electron chi connectivity index (χ3n) is 2.37. The summed E-state index contributed by atoms with van der Waals surface area (Å²) in [5.41, 5.74) is 2.32. The summed E-state index contributed by atoms with van der Waals surface area (Å²) in [6.45, 7) is 4.61. The molecule has 17 heavy (non-hydrogen) atoms. The highest BCUT2D eigenvalue weighted by atomic mass is 32.2. The van der Waals surface area contributed by atoms with Gasteiger partial charge in [-0.2, -0.15) is 0 Å². The maximum Gasteiger partial charge on any atom is 0.230 e. The third kappa shape index (κ3) is 5.75. The summed E-state index contributed by atoms with van der Waals surface area (Å²) in [4.78, 5) is 11.5. The number of thioether (sulfide) groups is 1. The van der Waals surface area contributed by atoms with Crippen molar-refractivity contribution in [3.8, 4) is 0 Å².